The Labute approximate surface area is 132 Å². The minimum Gasteiger partial charge on any atom is -0.365 e. The van der Waals surface area contributed by atoms with Crippen LogP contribution in [-0.4, -0.2) is 61.0 Å². The smallest absolute Gasteiger partial charge is 0.175 e. The molecule has 2 rings (SSSR count). The molecule has 0 atom stereocenters. The Morgan fingerprint density at radius 3 is 2.91 bits per heavy atom. The molecule has 0 saturated carbocycles. The van der Waals surface area contributed by atoms with Crippen molar-refractivity contribution in [3.05, 3.63) is 24.4 Å². The van der Waals surface area contributed by atoms with Gasteiger partial charge in [0.2, 0.25) is 0 Å². The number of aromatic nitrogens is 2. The van der Waals surface area contributed by atoms with Gasteiger partial charge in [0.05, 0.1) is 5.52 Å². The molecule has 0 aliphatic heterocycles. The summed E-state index contributed by atoms with van der Waals surface area (Å²) in [7, 11) is 2.15. The van der Waals surface area contributed by atoms with E-state index in [1.807, 2.05) is 28.9 Å². The molecule has 2 aromatic heterocycles. The van der Waals surface area contributed by atoms with Gasteiger partial charge in [-0.15, -0.1) is 5.10 Å². The Bertz CT molecular complexity index is 591. The van der Waals surface area contributed by atoms with Gasteiger partial charge in [-0.25, -0.2) is 4.52 Å². The number of anilines is 1. The molecule has 0 fully saturated rings. The van der Waals surface area contributed by atoms with Crippen LogP contribution in [0.15, 0.2) is 29.4 Å². The Kier molecular flexibility index (Phi) is 6.36. The topological polar surface area (TPSA) is 57.0 Å². The molecular formula is C16H26N6. The van der Waals surface area contributed by atoms with E-state index < -0.39 is 0 Å². The van der Waals surface area contributed by atoms with Gasteiger partial charge < -0.3 is 15.5 Å². The highest BCUT2D eigenvalue weighted by atomic mass is 15.3. The van der Waals surface area contributed by atoms with Gasteiger partial charge >= 0.3 is 0 Å². The summed E-state index contributed by atoms with van der Waals surface area (Å²) < 4.78 is 1.82. The number of hydrogen-bond donors (Lipinski definition) is 2. The van der Waals surface area contributed by atoms with Gasteiger partial charge in [0, 0.05) is 32.4 Å². The van der Waals surface area contributed by atoms with Crippen molar-refractivity contribution in [1.29, 1.82) is 0 Å². The lowest BCUT2D eigenvalue weighted by Crippen LogP contribution is -2.32. The normalized spacial score (nSPS) is 11.2. The second-order valence-corrected chi connectivity index (χ2v) is 5.37. The summed E-state index contributed by atoms with van der Waals surface area (Å²) in [4.78, 5) is 6.43. The molecule has 6 heteroatoms. The summed E-state index contributed by atoms with van der Waals surface area (Å²) in [5.41, 5.74) is 1.78. The van der Waals surface area contributed by atoms with E-state index in [2.05, 4.69) is 46.3 Å². The first-order chi connectivity index (χ1) is 10.8. The average molecular weight is 302 g/mol. The summed E-state index contributed by atoms with van der Waals surface area (Å²) in [6, 6.07) is 5.92. The van der Waals surface area contributed by atoms with E-state index in [1.54, 1.807) is 0 Å². The van der Waals surface area contributed by atoms with E-state index in [4.69, 9.17) is 0 Å². The molecule has 2 N–H and O–H groups in total. The van der Waals surface area contributed by atoms with Crippen molar-refractivity contribution in [2.24, 2.45) is 4.99 Å². The fraction of sp³-hybridized carbons (Fsp3) is 0.500. The predicted octanol–water partition coefficient (Wildman–Crippen LogP) is 2.01. The highest BCUT2D eigenvalue weighted by Crippen LogP contribution is 2.28. The lowest BCUT2D eigenvalue weighted by Gasteiger charge is -2.15. The lowest BCUT2D eigenvalue weighted by atomic mass is 10.3. The fourth-order valence-corrected chi connectivity index (χ4v) is 2.42. The number of hydrogen-bond acceptors (Lipinski definition) is 5. The summed E-state index contributed by atoms with van der Waals surface area (Å²) in [5.74, 6) is 0.783. The Hall–Kier alpha value is -1.92. The van der Waals surface area contributed by atoms with Crippen LogP contribution < -0.4 is 10.6 Å². The molecule has 120 valence electrons. The van der Waals surface area contributed by atoms with Crippen LogP contribution in [-0.2, 0) is 0 Å². The first kappa shape index (κ1) is 16.5. The van der Waals surface area contributed by atoms with Crippen LogP contribution in [0.1, 0.15) is 13.3 Å². The quantitative estimate of drug-likeness (QED) is 0.521. The SMILES string of the molecule is C=Nc1c(NCCNCCN(C)CCC)nn2ccccc12. The van der Waals surface area contributed by atoms with Crippen LogP contribution >= 0.6 is 0 Å². The molecule has 0 saturated heterocycles. The molecule has 0 bridgehead atoms. The maximum absolute atomic E-state index is 4.49. The van der Waals surface area contributed by atoms with E-state index in [1.165, 1.54) is 6.42 Å². The number of pyridine rings is 1. The number of nitrogens with one attached hydrogen (secondary N) is 2. The van der Waals surface area contributed by atoms with Gasteiger partial charge in [-0.1, -0.05) is 13.0 Å². The van der Waals surface area contributed by atoms with Crippen molar-refractivity contribution in [2.75, 3.05) is 45.1 Å². The molecule has 2 heterocycles. The molecule has 22 heavy (non-hydrogen) atoms. The molecular weight excluding hydrogens is 276 g/mol. The predicted molar refractivity (Wildman–Crippen MR) is 93.5 cm³/mol. The Morgan fingerprint density at radius 1 is 1.27 bits per heavy atom. The van der Waals surface area contributed by atoms with Gasteiger partial charge in [-0.05, 0) is 38.9 Å². The third-order valence-corrected chi connectivity index (χ3v) is 3.54. The van der Waals surface area contributed by atoms with E-state index in [-0.39, 0.29) is 0 Å². The zero-order valence-electron chi connectivity index (χ0n) is 13.5. The van der Waals surface area contributed by atoms with Crippen molar-refractivity contribution < 1.29 is 0 Å². The van der Waals surface area contributed by atoms with E-state index in [0.29, 0.717) is 0 Å². The minimum atomic E-state index is 0.783. The highest BCUT2D eigenvalue weighted by Gasteiger charge is 2.09. The zero-order valence-corrected chi connectivity index (χ0v) is 13.5. The summed E-state index contributed by atoms with van der Waals surface area (Å²) in [5, 5.41) is 11.2. The van der Waals surface area contributed by atoms with Crippen molar-refractivity contribution in [3.63, 3.8) is 0 Å². The standard InChI is InChI=1S/C16H26N6/c1-4-11-21(3)13-10-18-8-9-19-16-15(17-2)14-7-5-6-12-22(14)20-16/h5-7,12,18H,2,4,8-11,13H2,1,3H3,(H,19,20). The first-order valence-corrected chi connectivity index (χ1v) is 7.83. The Balaban J connectivity index is 1.77. The van der Waals surface area contributed by atoms with Crippen molar-refractivity contribution in [1.82, 2.24) is 19.8 Å². The highest BCUT2D eigenvalue weighted by molar-refractivity contribution is 5.81. The molecule has 0 spiro atoms. The Morgan fingerprint density at radius 2 is 2.14 bits per heavy atom. The van der Waals surface area contributed by atoms with Gasteiger partial charge in [-0.2, -0.15) is 0 Å². The third-order valence-electron chi connectivity index (χ3n) is 3.54. The largest absolute Gasteiger partial charge is 0.365 e. The molecule has 6 nitrogen and oxygen atoms in total. The maximum atomic E-state index is 4.49. The van der Waals surface area contributed by atoms with Crippen LogP contribution in [0.5, 0.6) is 0 Å². The number of fused-ring (bicyclic) bond motifs is 1. The average Bonchev–Trinajstić information content (AvgIpc) is 2.88. The van der Waals surface area contributed by atoms with Crippen LogP contribution in [0.4, 0.5) is 11.5 Å². The molecule has 0 aromatic carbocycles. The molecule has 0 radical (unpaired) electrons. The van der Waals surface area contributed by atoms with Gasteiger partial charge in [0.1, 0.15) is 5.69 Å². The first-order valence-electron chi connectivity index (χ1n) is 7.83. The van der Waals surface area contributed by atoms with E-state index in [0.717, 1.165) is 49.7 Å². The van der Waals surface area contributed by atoms with Crippen LogP contribution in [0.25, 0.3) is 5.52 Å². The molecule has 0 amide bonds. The van der Waals surface area contributed by atoms with Gasteiger partial charge in [0.15, 0.2) is 5.82 Å². The lowest BCUT2D eigenvalue weighted by molar-refractivity contribution is 0.333. The van der Waals surface area contributed by atoms with Crippen LogP contribution in [0.3, 0.4) is 0 Å². The van der Waals surface area contributed by atoms with E-state index >= 15 is 0 Å². The number of nitrogens with zero attached hydrogens (tertiary/aromatic N) is 4. The molecule has 0 aliphatic carbocycles. The minimum absolute atomic E-state index is 0.783. The van der Waals surface area contributed by atoms with Crippen LogP contribution in [0.2, 0.25) is 0 Å². The second-order valence-electron chi connectivity index (χ2n) is 5.37. The molecule has 0 unspecified atom stereocenters. The monoisotopic (exact) mass is 302 g/mol. The van der Waals surface area contributed by atoms with Gasteiger partial charge in [0.25, 0.3) is 0 Å². The molecule has 0 aliphatic rings. The van der Waals surface area contributed by atoms with Crippen LogP contribution in [0, 0.1) is 0 Å². The maximum Gasteiger partial charge on any atom is 0.175 e. The van der Waals surface area contributed by atoms with Crippen molar-refractivity contribution in [2.45, 2.75) is 13.3 Å². The number of likely N-dealkylation sites (N-methyl/N-ethyl adjacent to an activating group) is 1. The van der Waals surface area contributed by atoms with Crippen molar-refractivity contribution >= 4 is 23.7 Å². The second kappa shape index (κ2) is 8.51. The third kappa shape index (κ3) is 4.29. The zero-order chi connectivity index (χ0) is 15.8. The van der Waals surface area contributed by atoms with Gasteiger partial charge in [-0.3, -0.25) is 4.99 Å². The summed E-state index contributed by atoms with van der Waals surface area (Å²) in [6.07, 6.45) is 3.11. The van der Waals surface area contributed by atoms with E-state index in [9.17, 15) is 0 Å². The summed E-state index contributed by atoms with van der Waals surface area (Å²) >= 11 is 0. The number of aliphatic imine (C=N–C) groups is 1. The number of rotatable bonds is 10. The van der Waals surface area contributed by atoms with Crippen molar-refractivity contribution in [3.8, 4) is 0 Å². The molecule has 2 aromatic rings. The fourth-order valence-electron chi connectivity index (χ4n) is 2.42. The summed E-state index contributed by atoms with van der Waals surface area (Å²) in [6.45, 7) is 10.8.